The van der Waals surface area contributed by atoms with Gasteiger partial charge in [0.25, 0.3) is 5.56 Å². The van der Waals surface area contributed by atoms with Crippen LogP contribution in [-0.2, 0) is 16.1 Å². The van der Waals surface area contributed by atoms with Gasteiger partial charge in [0.15, 0.2) is 0 Å². The van der Waals surface area contributed by atoms with Gasteiger partial charge >= 0.3 is 11.9 Å². The van der Waals surface area contributed by atoms with E-state index < -0.39 is 28.7 Å². The molecule has 0 spiro atoms. The highest BCUT2D eigenvalue weighted by Gasteiger charge is 2.20. The van der Waals surface area contributed by atoms with Gasteiger partial charge in [-0.05, 0) is 32.9 Å². The lowest BCUT2D eigenvalue weighted by Crippen LogP contribution is -2.32. The SMILES string of the molecule is COc1ccccc1-c1cc(C(=O)O)c(=O)n(CC(=O)OC(C)(C)C)c1. The summed E-state index contributed by atoms with van der Waals surface area (Å²) >= 11 is 0. The van der Waals surface area contributed by atoms with E-state index >= 15 is 0 Å². The molecule has 0 radical (unpaired) electrons. The summed E-state index contributed by atoms with van der Waals surface area (Å²) < 4.78 is 11.5. The monoisotopic (exact) mass is 359 g/mol. The number of ether oxygens (including phenoxy) is 2. The fraction of sp³-hybridized carbons (Fsp3) is 0.316. The van der Waals surface area contributed by atoms with Crippen molar-refractivity contribution in [2.75, 3.05) is 7.11 Å². The van der Waals surface area contributed by atoms with Crippen molar-refractivity contribution in [1.29, 1.82) is 0 Å². The molecule has 2 rings (SSSR count). The van der Waals surface area contributed by atoms with Gasteiger partial charge in [-0.2, -0.15) is 0 Å². The number of carboxylic acid groups (broad SMARTS) is 1. The molecule has 0 aliphatic heterocycles. The lowest BCUT2D eigenvalue weighted by molar-refractivity contribution is -0.155. The number of rotatable bonds is 5. The Morgan fingerprint density at radius 2 is 1.85 bits per heavy atom. The molecule has 138 valence electrons. The highest BCUT2D eigenvalue weighted by Crippen LogP contribution is 2.29. The largest absolute Gasteiger partial charge is 0.496 e. The number of para-hydroxylation sites is 1. The molecule has 0 bridgehead atoms. The van der Waals surface area contributed by atoms with Crippen LogP contribution in [0.15, 0.2) is 41.3 Å². The van der Waals surface area contributed by atoms with E-state index in [9.17, 15) is 19.5 Å². The van der Waals surface area contributed by atoms with Gasteiger partial charge in [0.05, 0.1) is 7.11 Å². The maximum Gasteiger partial charge on any atom is 0.341 e. The van der Waals surface area contributed by atoms with Crippen LogP contribution in [-0.4, -0.2) is 34.3 Å². The molecular weight excluding hydrogens is 338 g/mol. The van der Waals surface area contributed by atoms with Crippen LogP contribution in [0.2, 0.25) is 0 Å². The third-order valence-corrected chi connectivity index (χ3v) is 3.45. The van der Waals surface area contributed by atoms with Gasteiger partial charge in [-0.3, -0.25) is 9.59 Å². The zero-order valence-electron chi connectivity index (χ0n) is 15.1. The smallest absolute Gasteiger partial charge is 0.341 e. The Kier molecular flexibility index (Phi) is 5.50. The number of esters is 1. The van der Waals surface area contributed by atoms with E-state index in [4.69, 9.17) is 9.47 Å². The number of methoxy groups -OCH3 is 1. The summed E-state index contributed by atoms with van der Waals surface area (Å²) in [7, 11) is 1.49. The van der Waals surface area contributed by atoms with Gasteiger partial charge in [-0.15, -0.1) is 0 Å². The molecule has 0 aliphatic carbocycles. The van der Waals surface area contributed by atoms with Crippen molar-refractivity contribution < 1.29 is 24.2 Å². The van der Waals surface area contributed by atoms with Crippen LogP contribution in [0.4, 0.5) is 0 Å². The second-order valence-corrected chi connectivity index (χ2v) is 6.67. The number of carboxylic acids is 1. The average Bonchev–Trinajstić information content (AvgIpc) is 2.54. The molecule has 0 amide bonds. The summed E-state index contributed by atoms with van der Waals surface area (Å²) in [5, 5.41) is 9.35. The lowest BCUT2D eigenvalue weighted by Gasteiger charge is -2.20. The van der Waals surface area contributed by atoms with Crippen molar-refractivity contribution in [3.63, 3.8) is 0 Å². The van der Waals surface area contributed by atoms with Gasteiger partial charge in [0.2, 0.25) is 0 Å². The standard InChI is InChI=1S/C19H21NO6/c1-19(2,3)26-16(21)11-20-10-12(9-14(17(20)22)18(23)24)13-7-5-6-8-15(13)25-4/h5-10H,11H2,1-4H3,(H,23,24). The van der Waals surface area contributed by atoms with Crippen LogP contribution >= 0.6 is 0 Å². The Balaban J connectivity index is 2.55. The number of benzene rings is 1. The highest BCUT2D eigenvalue weighted by molar-refractivity contribution is 5.89. The molecule has 0 unspecified atom stereocenters. The van der Waals surface area contributed by atoms with E-state index in [1.807, 2.05) is 0 Å². The first kappa shape index (κ1) is 19.2. The van der Waals surface area contributed by atoms with E-state index in [0.717, 1.165) is 4.57 Å². The van der Waals surface area contributed by atoms with Crippen LogP contribution in [0.25, 0.3) is 11.1 Å². The fourth-order valence-electron chi connectivity index (χ4n) is 2.45. The number of nitrogens with zero attached hydrogens (tertiary/aromatic N) is 1. The van der Waals surface area contributed by atoms with E-state index in [-0.39, 0.29) is 6.54 Å². The zero-order chi connectivity index (χ0) is 19.5. The van der Waals surface area contributed by atoms with E-state index in [0.29, 0.717) is 16.9 Å². The zero-order valence-corrected chi connectivity index (χ0v) is 15.1. The summed E-state index contributed by atoms with van der Waals surface area (Å²) in [5.41, 5.74) is -0.867. The van der Waals surface area contributed by atoms with Gasteiger partial charge in [0.1, 0.15) is 23.5 Å². The number of hydrogen-bond donors (Lipinski definition) is 1. The fourth-order valence-corrected chi connectivity index (χ4v) is 2.45. The summed E-state index contributed by atoms with van der Waals surface area (Å²) in [6.45, 7) is 4.74. The van der Waals surface area contributed by atoms with Gasteiger partial charge in [0, 0.05) is 17.3 Å². The normalized spacial score (nSPS) is 11.1. The van der Waals surface area contributed by atoms with Crippen LogP contribution < -0.4 is 10.3 Å². The molecule has 0 atom stereocenters. The van der Waals surface area contributed by atoms with Crippen molar-refractivity contribution in [3.05, 3.63) is 52.4 Å². The van der Waals surface area contributed by atoms with Crippen molar-refractivity contribution in [2.45, 2.75) is 32.9 Å². The number of hydrogen-bond acceptors (Lipinski definition) is 5. The molecule has 7 nitrogen and oxygen atoms in total. The highest BCUT2D eigenvalue weighted by atomic mass is 16.6. The topological polar surface area (TPSA) is 94.8 Å². The first-order valence-corrected chi connectivity index (χ1v) is 7.95. The van der Waals surface area contributed by atoms with Crippen LogP contribution in [0.5, 0.6) is 5.75 Å². The predicted octanol–water partition coefficient (Wildman–Crippen LogP) is 2.56. The number of pyridine rings is 1. The van der Waals surface area contributed by atoms with Crippen LogP contribution in [0.1, 0.15) is 31.1 Å². The molecule has 2 aromatic rings. The van der Waals surface area contributed by atoms with E-state index in [2.05, 4.69) is 0 Å². The van der Waals surface area contributed by atoms with Crippen LogP contribution in [0, 0.1) is 0 Å². The van der Waals surface area contributed by atoms with Crippen molar-refractivity contribution in [1.82, 2.24) is 4.57 Å². The molecule has 7 heteroatoms. The maximum atomic E-state index is 12.4. The summed E-state index contributed by atoms with van der Waals surface area (Å²) in [6, 6.07) is 8.27. The third-order valence-electron chi connectivity index (χ3n) is 3.45. The summed E-state index contributed by atoms with van der Waals surface area (Å²) in [4.78, 5) is 35.9. The number of aromatic nitrogens is 1. The molecule has 1 heterocycles. The first-order chi connectivity index (χ1) is 12.1. The Morgan fingerprint density at radius 3 is 2.42 bits per heavy atom. The molecule has 0 fully saturated rings. The molecule has 1 N–H and O–H groups in total. The van der Waals surface area contributed by atoms with Gasteiger partial charge in [-0.25, -0.2) is 4.79 Å². The Labute approximate surface area is 150 Å². The summed E-state index contributed by atoms with van der Waals surface area (Å²) in [5.74, 6) is -1.48. The first-order valence-electron chi connectivity index (χ1n) is 7.95. The summed E-state index contributed by atoms with van der Waals surface area (Å²) in [6.07, 6.45) is 1.43. The molecule has 0 saturated carbocycles. The lowest BCUT2D eigenvalue weighted by atomic mass is 10.0. The second kappa shape index (κ2) is 7.43. The van der Waals surface area contributed by atoms with Gasteiger partial charge < -0.3 is 19.1 Å². The third kappa shape index (κ3) is 4.50. The Bertz CT molecular complexity index is 892. The minimum absolute atomic E-state index is 0.390. The van der Waals surface area contributed by atoms with Crippen molar-refractivity contribution in [3.8, 4) is 16.9 Å². The van der Waals surface area contributed by atoms with E-state index in [1.165, 1.54) is 19.4 Å². The second-order valence-electron chi connectivity index (χ2n) is 6.67. The molecule has 0 saturated heterocycles. The molecule has 26 heavy (non-hydrogen) atoms. The van der Waals surface area contributed by atoms with Crippen molar-refractivity contribution >= 4 is 11.9 Å². The minimum atomic E-state index is -1.37. The van der Waals surface area contributed by atoms with Crippen molar-refractivity contribution in [2.24, 2.45) is 0 Å². The Hall–Kier alpha value is -3.09. The average molecular weight is 359 g/mol. The molecular formula is C19H21NO6. The molecule has 1 aromatic carbocycles. The molecule has 0 aliphatic rings. The number of aromatic carboxylic acids is 1. The Morgan fingerprint density at radius 1 is 1.19 bits per heavy atom. The van der Waals surface area contributed by atoms with E-state index in [1.54, 1.807) is 45.0 Å². The minimum Gasteiger partial charge on any atom is -0.496 e. The predicted molar refractivity (Wildman–Crippen MR) is 95.5 cm³/mol. The number of carbonyl (C=O) groups excluding carboxylic acids is 1. The van der Waals surface area contributed by atoms with Crippen LogP contribution in [0.3, 0.4) is 0 Å². The maximum absolute atomic E-state index is 12.4. The number of carbonyl (C=O) groups is 2. The van der Waals surface area contributed by atoms with Gasteiger partial charge in [-0.1, -0.05) is 18.2 Å². The quantitative estimate of drug-likeness (QED) is 0.825. The molecule has 1 aromatic heterocycles.